The van der Waals surface area contributed by atoms with Crippen LogP contribution >= 0.6 is 11.3 Å². The van der Waals surface area contributed by atoms with E-state index < -0.39 is 11.7 Å². The number of halogens is 4. The van der Waals surface area contributed by atoms with E-state index in [2.05, 4.69) is 16.8 Å². The molecule has 1 aromatic heterocycles. The van der Waals surface area contributed by atoms with Gasteiger partial charge in [-0.05, 0) is 73.6 Å². The number of hydrogen-bond donors (Lipinski definition) is 0. The molecule has 1 fully saturated rings. The van der Waals surface area contributed by atoms with Gasteiger partial charge in [0, 0.05) is 25.3 Å². The van der Waals surface area contributed by atoms with Crippen molar-refractivity contribution in [1.29, 1.82) is 0 Å². The summed E-state index contributed by atoms with van der Waals surface area (Å²) in [5.41, 5.74) is 2.00. The van der Waals surface area contributed by atoms with E-state index in [0.717, 1.165) is 40.0 Å². The van der Waals surface area contributed by atoms with E-state index in [1.807, 2.05) is 11.8 Å². The highest BCUT2D eigenvalue weighted by Crippen LogP contribution is 2.38. The summed E-state index contributed by atoms with van der Waals surface area (Å²) in [5.74, 6) is -0.261. The lowest BCUT2D eigenvalue weighted by Gasteiger charge is -2.42. The standard InChI is InChI=1S/C27H27F4N3OS/c1-16-4-3-12-34(26(35)24-25(36-17(2)32-24)18-5-8-21(28)9-6-18)23(16)15-33-13-11-19-14-20(27(29,30)31)7-10-22(19)33/h5-10,14,16,23H,3-4,11-13,15H2,1-2H3. The Kier molecular flexibility index (Phi) is 6.53. The number of thiazole rings is 1. The summed E-state index contributed by atoms with van der Waals surface area (Å²) in [5, 5.41) is 0.758. The predicted octanol–water partition coefficient (Wildman–Crippen LogP) is 6.58. The van der Waals surface area contributed by atoms with Crippen LogP contribution in [-0.4, -0.2) is 41.5 Å². The molecule has 3 heterocycles. The predicted molar refractivity (Wildman–Crippen MR) is 133 cm³/mol. The van der Waals surface area contributed by atoms with Crippen molar-refractivity contribution in [2.24, 2.45) is 5.92 Å². The topological polar surface area (TPSA) is 36.4 Å². The van der Waals surface area contributed by atoms with Crippen molar-refractivity contribution in [3.05, 3.63) is 70.1 Å². The van der Waals surface area contributed by atoms with Crippen molar-refractivity contribution in [3.8, 4) is 10.4 Å². The van der Waals surface area contributed by atoms with E-state index in [-0.39, 0.29) is 23.7 Å². The molecule has 2 atom stereocenters. The summed E-state index contributed by atoms with van der Waals surface area (Å²) in [7, 11) is 0. The Labute approximate surface area is 211 Å². The summed E-state index contributed by atoms with van der Waals surface area (Å²) in [6.45, 7) is 5.75. The maximum atomic E-state index is 13.9. The van der Waals surface area contributed by atoms with Crippen LogP contribution in [0.5, 0.6) is 0 Å². The smallest absolute Gasteiger partial charge is 0.369 e. The number of nitrogens with zero attached hydrogens (tertiary/aromatic N) is 3. The molecule has 0 aliphatic carbocycles. The average Bonchev–Trinajstić information content (AvgIpc) is 3.43. The van der Waals surface area contributed by atoms with Gasteiger partial charge in [0.15, 0.2) is 0 Å². The summed E-state index contributed by atoms with van der Waals surface area (Å²) >= 11 is 1.41. The first-order chi connectivity index (χ1) is 17.1. The Bertz CT molecular complexity index is 1270. The number of anilines is 1. The number of amides is 1. The van der Waals surface area contributed by atoms with Crippen LogP contribution in [0.2, 0.25) is 0 Å². The molecular weight excluding hydrogens is 490 g/mol. The minimum Gasteiger partial charge on any atom is -0.369 e. The van der Waals surface area contributed by atoms with Gasteiger partial charge >= 0.3 is 6.18 Å². The Morgan fingerprint density at radius 3 is 2.61 bits per heavy atom. The minimum atomic E-state index is -4.36. The molecule has 9 heteroatoms. The number of carbonyl (C=O) groups is 1. The van der Waals surface area contributed by atoms with Gasteiger partial charge in [0.2, 0.25) is 0 Å². The van der Waals surface area contributed by atoms with Crippen molar-refractivity contribution in [1.82, 2.24) is 9.88 Å². The quantitative estimate of drug-likeness (QED) is 0.367. The van der Waals surface area contributed by atoms with Crippen molar-refractivity contribution in [3.63, 3.8) is 0 Å². The lowest BCUT2D eigenvalue weighted by Crippen LogP contribution is -2.53. The fourth-order valence-electron chi connectivity index (χ4n) is 5.35. The van der Waals surface area contributed by atoms with Crippen LogP contribution in [0.1, 0.15) is 46.4 Å². The summed E-state index contributed by atoms with van der Waals surface area (Å²) < 4.78 is 53.0. The number of fused-ring (bicyclic) bond motifs is 1. The van der Waals surface area contributed by atoms with E-state index in [1.165, 1.54) is 29.5 Å². The molecule has 190 valence electrons. The van der Waals surface area contributed by atoms with E-state index >= 15 is 0 Å². The highest BCUT2D eigenvalue weighted by molar-refractivity contribution is 7.15. The molecule has 2 unspecified atom stereocenters. The van der Waals surface area contributed by atoms with Crippen LogP contribution < -0.4 is 4.90 Å². The van der Waals surface area contributed by atoms with Crippen molar-refractivity contribution < 1.29 is 22.4 Å². The second kappa shape index (κ2) is 9.50. The molecule has 5 rings (SSSR count). The zero-order chi connectivity index (χ0) is 25.6. The first-order valence-corrected chi connectivity index (χ1v) is 12.9. The van der Waals surface area contributed by atoms with E-state index in [0.29, 0.717) is 37.3 Å². The van der Waals surface area contributed by atoms with E-state index in [1.54, 1.807) is 18.2 Å². The van der Waals surface area contributed by atoms with Gasteiger partial charge in [-0.15, -0.1) is 11.3 Å². The maximum absolute atomic E-state index is 13.9. The lowest BCUT2D eigenvalue weighted by molar-refractivity contribution is -0.137. The van der Waals surface area contributed by atoms with Crippen molar-refractivity contribution in [2.45, 2.75) is 45.3 Å². The van der Waals surface area contributed by atoms with Crippen LogP contribution in [0.4, 0.5) is 23.2 Å². The molecule has 0 saturated carbocycles. The molecule has 4 nitrogen and oxygen atoms in total. The van der Waals surface area contributed by atoms with E-state index in [4.69, 9.17) is 0 Å². The molecule has 0 bridgehead atoms. The third kappa shape index (κ3) is 4.73. The van der Waals surface area contributed by atoms with Gasteiger partial charge in [-0.1, -0.05) is 19.1 Å². The van der Waals surface area contributed by atoms with Crippen LogP contribution in [0.25, 0.3) is 10.4 Å². The number of rotatable bonds is 4. The number of benzene rings is 2. The fourth-order valence-corrected chi connectivity index (χ4v) is 6.26. The first-order valence-electron chi connectivity index (χ1n) is 12.1. The highest BCUT2D eigenvalue weighted by Gasteiger charge is 2.37. The van der Waals surface area contributed by atoms with Gasteiger partial charge in [0.05, 0.1) is 21.5 Å². The average molecular weight is 518 g/mol. The van der Waals surface area contributed by atoms with Gasteiger partial charge in [-0.3, -0.25) is 4.79 Å². The number of aromatic nitrogens is 1. The second-order valence-corrected chi connectivity index (χ2v) is 10.8. The molecule has 1 saturated heterocycles. The van der Waals surface area contributed by atoms with Crippen LogP contribution in [0, 0.1) is 18.7 Å². The molecule has 2 aliphatic heterocycles. The van der Waals surface area contributed by atoms with Gasteiger partial charge in [-0.2, -0.15) is 13.2 Å². The molecule has 2 aromatic carbocycles. The Morgan fingerprint density at radius 1 is 1.14 bits per heavy atom. The van der Waals surface area contributed by atoms with Gasteiger partial charge in [0.1, 0.15) is 11.5 Å². The first kappa shape index (κ1) is 24.7. The second-order valence-electron chi connectivity index (χ2n) is 9.64. The number of hydrogen-bond acceptors (Lipinski definition) is 4. The highest BCUT2D eigenvalue weighted by atomic mass is 32.1. The largest absolute Gasteiger partial charge is 0.416 e. The van der Waals surface area contributed by atoms with Crippen molar-refractivity contribution >= 4 is 22.9 Å². The zero-order valence-corrected chi connectivity index (χ0v) is 20.9. The molecule has 0 spiro atoms. The third-order valence-electron chi connectivity index (χ3n) is 7.23. The lowest BCUT2D eigenvalue weighted by atomic mass is 9.89. The number of piperidine rings is 1. The molecule has 2 aliphatic rings. The molecule has 36 heavy (non-hydrogen) atoms. The van der Waals surface area contributed by atoms with Gasteiger partial charge in [-0.25, -0.2) is 9.37 Å². The van der Waals surface area contributed by atoms with Crippen LogP contribution in [-0.2, 0) is 12.6 Å². The Balaban J connectivity index is 1.42. The van der Waals surface area contributed by atoms with Crippen LogP contribution in [0.3, 0.4) is 0 Å². The fraction of sp³-hybridized carbons (Fsp3) is 0.407. The number of likely N-dealkylation sites (tertiary alicyclic amines) is 1. The summed E-state index contributed by atoms with van der Waals surface area (Å²) in [6.07, 6.45) is -1.96. The third-order valence-corrected chi connectivity index (χ3v) is 8.25. The molecule has 3 aromatic rings. The van der Waals surface area contributed by atoms with Gasteiger partial charge < -0.3 is 9.80 Å². The molecule has 1 amide bonds. The molecular formula is C27H27F4N3OS. The number of carbonyl (C=O) groups excluding carboxylic acids is 1. The zero-order valence-electron chi connectivity index (χ0n) is 20.1. The van der Waals surface area contributed by atoms with Crippen LogP contribution in [0.15, 0.2) is 42.5 Å². The monoisotopic (exact) mass is 517 g/mol. The SMILES string of the molecule is Cc1nc(C(=O)N2CCCC(C)C2CN2CCc3cc(C(F)(F)F)ccc32)c(-c2ccc(F)cc2)s1. The summed E-state index contributed by atoms with van der Waals surface area (Å²) in [4.78, 5) is 23.1. The Morgan fingerprint density at radius 2 is 1.89 bits per heavy atom. The molecule has 0 N–H and O–H groups in total. The summed E-state index contributed by atoms with van der Waals surface area (Å²) in [6, 6.07) is 9.91. The van der Waals surface area contributed by atoms with E-state index in [9.17, 15) is 22.4 Å². The normalized spacial score (nSPS) is 20.1. The number of aryl methyl sites for hydroxylation is 1. The Hall–Kier alpha value is -2.94. The minimum absolute atomic E-state index is 0.0948. The van der Waals surface area contributed by atoms with Gasteiger partial charge in [0.25, 0.3) is 5.91 Å². The molecule has 0 radical (unpaired) electrons. The maximum Gasteiger partial charge on any atom is 0.416 e. The number of alkyl halides is 3. The van der Waals surface area contributed by atoms with Crippen molar-refractivity contribution in [2.75, 3.05) is 24.5 Å².